The van der Waals surface area contributed by atoms with E-state index in [9.17, 15) is 0 Å². The first-order valence-electron chi connectivity index (χ1n) is 6.93. The standard InChI is InChI=1S/C14H22ClN3O/c1-4-12-16-13(15)10(2)14(17-12)18(3)7-8-19-9-11-5-6-11/h11H,4-9H2,1-3H3. The minimum absolute atomic E-state index is 0.549. The largest absolute Gasteiger partial charge is 0.379 e. The summed E-state index contributed by atoms with van der Waals surface area (Å²) in [6.45, 7) is 6.44. The zero-order chi connectivity index (χ0) is 13.8. The highest BCUT2D eigenvalue weighted by Crippen LogP contribution is 2.28. The molecule has 2 rings (SSSR count). The molecule has 1 heterocycles. The van der Waals surface area contributed by atoms with Gasteiger partial charge in [-0.3, -0.25) is 0 Å². The van der Waals surface area contributed by atoms with Gasteiger partial charge in [0.2, 0.25) is 0 Å². The molecule has 0 radical (unpaired) electrons. The molecule has 1 aromatic heterocycles. The summed E-state index contributed by atoms with van der Waals surface area (Å²) in [5.41, 5.74) is 0.934. The van der Waals surface area contributed by atoms with E-state index < -0.39 is 0 Å². The summed E-state index contributed by atoms with van der Waals surface area (Å²) in [5, 5.41) is 0.549. The Labute approximate surface area is 120 Å². The number of likely N-dealkylation sites (N-methyl/N-ethyl adjacent to an activating group) is 1. The molecule has 5 heteroatoms. The minimum Gasteiger partial charge on any atom is -0.379 e. The summed E-state index contributed by atoms with van der Waals surface area (Å²) in [4.78, 5) is 10.9. The van der Waals surface area contributed by atoms with Gasteiger partial charge in [-0.2, -0.15) is 0 Å². The first-order chi connectivity index (χ1) is 9.11. The number of hydrogen-bond acceptors (Lipinski definition) is 4. The molecule has 4 nitrogen and oxygen atoms in total. The van der Waals surface area contributed by atoms with Crippen molar-refractivity contribution in [2.24, 2.45) is 5.92 Å². The average Bonchev–Trinajstić information content (AvgIpc) is 3.21. The number of nitrogens with zero attached hydrogens (tertiary/aromatic N) is 3. The molecular formula is C14H22ClN3O. The number of aromatic nitrogens is 2. The Hall–Kier alpha value is -0.870. The van der Waals surface area contributed by atoms with Crippen LogP contribution >= 0.6 is 11.6 Å². The Balaban J connectivity index is 1.92. The lowest BCUT2D eigenvalue weighted by Crippen LogP contribution is -2.25. The third-order valence-corrected chi connectivity index (χ3v) is 3.77. The zero-order valence-corrected chi connectivity index (χ0v) is 12.7. The van der Waals surface area contributed by atoms with Crippen LogP contribution in [0.15, 0.2) is 0 Å². The SMILES string of the molecule is CCc1nc(Cl)c(C)c(N(C)CCOCC2CC2)n1. The van der Waals surface area contributed by atoms with Crippen molar-refractivity contribution in [2.45, 2.75) is 33.1 Å². The van der Waals surface area contributed by atoms with Crippen LogP contribution in [0.25, 0.3) is 0 Å². The molecule has 1 aliphatic carbocycles. The Kier molecular flexibility index (Phi) is 4.99. The van der Waals surface area contributed by atoms with Gasteiger partial charge in [-0.25, -0.2) is 9.97 Å². The highest BCUT2D eigenvalue weighted by atomic mass is 35.5. The molecule has 0 unspecified atom stereocenters. The lowest BCUT2D eigenvalue weighted by molar-refractivity contribution is 0.130. The normalized spacial score (nSPS) is 14.7. The van der Waals surface area contributed by atoms with Crippen molar-refractivity contribution in [1.29, 1.82) is 0 Å². The van der Waals surface area contributed by atoms with Crippen molar-refractivity contribution in [1.82, 2.24) is 9.97 Å². The molecule has 1 aromatic rings. The van der Waals surface area contributed by atoms with E-state index in [0.717, 1.165) is 49.3 Å². The van der Waals surface area contributed by atoms with Crippen molar-refractivity contribution in [2.75, 3.05) is 31.7 Å². The molecule has 106 valence electrons. The van der Waals surface area contributed by atoms with Gasteiger partial charge in [-0.05, 0) is 25.7 Å². The molecule has 0 spiro atoms. The maximum atomic E-state index is 6.14. The smallest absolute Gasteiger partial charge is 0.137 e. The molecular weight excluding hydrogens is 262 g/mol. The number of halogens is 1. The predicted molar refractivity (Wildman–Crippen MR) is 78.0 cm³/mol. The van der Waals surface area contributed by atoms with Crippen LogP contribution in [0.5, 0.6) is 0 Å². The second-order valence-electron chi connectivity index (χ2n) is 5.17. The zero-order valence-electron chi connectivity index (χ0n) is 11.9. The van der Waals surface area contributed by atoms with E-state index >= 15 is 0 Å². The molecule has 1 aliphatic rings. The molecule has 0 amide bonds. The summed E-state index contributed by atoms with van der Waals surface area (Å²) in [7, 11) is 2.02. The van der Waals surface area contributed by atoms with Crippen LogP contribution in [-0.4, -0.2) is 36.8 Å². The van der Waals surface area contributed by atoms with Gasteiger partial charge in [0, 0.05) is 32.2 Å². The Morgan fingerprint density at radius 3 is 2.74 bits per heavy atom. The van der Waals surface area contributed by atoms with Crippen LogP contribution in [0.1, 0.15) is 31.2 Å². The van der Waals surface area contributed by atoms with E-state index in [2.05, 4.69) is 14.9 Å². The first-order valence-corrected chi connectivity index (χ1v) is 7.31. The summed E-state index contributed by atoms with van der Waals surface area (Å²) in [6.07, 6.45) is 3.45. The Morgan fingerprint density at radius 1 is 1.37 bits per heavy atom. The van der Waals surface area contributed by atoms with E-state index in [1.807, 2.05) is 20.9 Å². The van der Waals surface area contributed by atoms with Crippen molar-refractivity contribution < 1.29 is 4.74 Å². The third kappa shape index (κ3) is 4.05. The summed E-state index contributed by atoms with van der Waals surface area (Å²) in [6, 6.07) is 0. The molecule has 0 aliphatic heterocycles. The Morgan fingerprint density at radius 2 is 2.11 bits per heavy atom. The molecule has 0 N–H and O–H groups in total. The topological polar surface area (TPSA) is 38.2 Å². The van der Waals surface area contributed by atoms with Crippen LogP contribution in [0.3, 0.4) is 0 Å². The monoisotopic (exact) mass is 283 g/mol. The summed E-state index contributed by atoms with van der Waals surface area (Å²) < 4.78 is 5.66. The highest BCUT2D eigenvalue weighted by molar-refractivity contribution is 6.30. The first kappa shape index (κ1) is 14.5. The van der Waals surface area contributed by atoms with Gasteiger partial charge in [0.05, 0.1) is 6.61 Å². The fourth-order valence-electron chi connectivity index (χ4n) is 1.89. The molecule has 0 atom stereocenters. The third-order valence-electron chi connectivity index (χ3n) is 3.41. The van der Waals surface area contributed by atoms with Crippen LogP contribution in [-0.2, 0) is 11.2 Å². The van der Waals surface area contributed by atoms with E-state index in [0.29, 0.717) is 5.15 Å². The average molecular weight is 284 g/mol. The summed E-state index contributed by atoms with van der Waals surface area (Å²) in [5.74, 6) is 2.51. The van der Waals surface area contributed by atoms with E-state index in [-0.39, 0.29) is 0 Å². The van der Waals surface area contributed by atoms with Gasteiger partial charge in [0.1, 0.15) is 16.8 Å². The van der Waals surface area contributed by atoms with E-state index in [1.54, 1.807) is 0 Å². The van der Waals surface area contributed by atoms with Gasteiger partial charge in [-0.1, -0.05) is 18.5 Å². The molecule has 0 saturated heterocycles. The minimum atomic E-state index is 0.549. The molecule has 1 saturated carbocycles. The van der Waals surface area contributed by atoms with Gasteiger partial charge >= 0.3 is 0 Å². The van der Waals surface area contributed by atoms with Crippen LogP contribution in [0.4, 0.5) is 5.82 Å². The van der Waals surface area contributed by atoms with Crippen molar-refractivity contribution in [3.05, 3.63) is 16.5 Å². The lowest BCUT2D eigenvalue weighted by Gasteiger charge is -2.21. The van der Waals surface area contributed by atoms with E-state index in [1.165, 1.54) is 12.8 Å². The highest BCUT2D eigenvalue weighted by Gasteiger charge is 2.21. The fourth-order valence-corrected chi connectivity index (χ4v) is 2.07. The van der Waals surface area contributed by atoms with E-state index in [4.69, 9.17) is 16.3 Å². The lowest BCUT2D eigenvalue weighted by atomic mass is 10.3. The quantitative estimate of drug-likeness (QED) is 0.570. The van der Waals surface area contributed by atoms with Gasteiger partial charge in [0.25, 0.3) is 0 Å². The number of hydrogen-bond donors (Lipinski definition) is 0. The maximum Gasteiger partial charge on any atom is 0.137 e. The predicted octanol–water partition coefficient (Wildman–Crippen LogP) is 2.86. The summed E-state index contributed by atoms with van der Waals surface area (Å²) >= 11 is 6.14. The van der Waals surface area contributed by atoms with Crippen molar-refractivity contribution >= 4 is 17.4 Å². The fraction of sp³-hybridized carbons (Fsp3) is 0.714. The van der Waals surface area contributed by atoms with Crippen molar-refractivity contribution in [3.63, 3.8) is 0 Å². The van der Waals surface area contributed by atoms with Gasteiger partial charge in [-0.15, -0.1) is 0 Å². The molecule has 19 heavy (non-hydrogen) atoms. The maximum absolute atomic E-state index is 6.14. The number of ether oxygens (including phenoxy) is 1. The number of rotatable bonds is 7. The van der Waals surface area contributed by atoms with Crippen molar-refractivity contribution in [3.8, 4) is 0 Å². The van der Waals surface area contributed by atoms with Crippen LogP contribution in [0.2, 0.25) is 5.15 Å². The second-order valence-corrected chi connectivity index (χ2v) is 5.53. The van der Waals surface area contributed by atoms with Crippen LogP contribution in [0, 0.1) is 12.8 Å². The van der Waals surface area contributed by atoms with Crippen LogP contribution < -0.4 is 4.90 Å². The number of anilines is 1. The molecule has 1 fully saturated rings. The Bertz CT molecular complexity index is 435. The molecule has 0 bridgehead atoms. The second kappa shape index (κ2) is 6.53. The van der Waals surface area contributed by atoms with Gasteiger partial charge in [0.15, 0.2) is 0 Å². The number of aryl methyl sites for hydroxylation is 1. The molecule has 0 aromatic carbocycles. The van der Waals surface area contributed by atoms with Gasteiger partial charge < -0.3 is 9.64 Å².